The van der Waals surface area contributed by atoms with Crippen molar-refractivity contribution in [3.8, 4) is 0 Å². The van der Waals surface area contributed by atoms with Gasteiger partial charge in [0.05, 0.1) is 0 Å². The van der Waals surface area contributed by atoms with Crippen molar-refractivity contribution in [3.05, 3.63) is 0 Å². The van der Waals surface area contributed by atoms with Gasteiger partial charge >= 0.3 is 0 Å². The maximum Gasteiger partial charge on any atom is 0.0113 e. The first-order chi connectivity index (χ1) is 8.92. The lowest BCUT2D eigenvalue weighted by molar-refractivity contribution is 0.0842. The Labute approximate surface area is 112 Å². The van der Waals surface area contributed by atoms with Gasteiger partial charge in [-0.2, -0.15) is 0 Å². The van der Waals surface area contributed by atoms with E-state index in [9.17, 15) is 0 Å². The highest BCUT2D eigenvalue weighted by Gasteiger charge is 2.27. The van der Waals surface area contributed by atoms with Crippen molar-refractivity contribution in [2.24, 2.45) is 5.92 Å². The van der Waals surface area contributed by atoms with Gasteiger partial charge in [-0.05, 0) is 44.7 Å². The number of piperidine rings is 1. The molecule has 0 radical (unpaired) electrons. The number of nitrogens with zero attached hydrogens (tertiary/aromatic N) is 2. The summed E-state index contributed by atoms with van der Waals surface area (Å²) in [4.78, 5) is 5.48. The highest BCUT2D eigenvalue weighted by atomic mass is 15.3. The van der Waals surface area contributed by atoms with Crippen molar-refractivity contribution >= 4 is 0 Å². The van der Waals surface area contributed by atoms with Crippen LogP contribution in [0, 0.1) is 5.92 Å². The van der Waals surface area contributed by atoms with Gasteiger partial charge in [0, 0.05) is 38.8 Å². The van der Waals surface area contributed by atoms with Gasteiger partial charge in [0.2, 0.25) is 0 Å². The van der Waals surface area contributed by atoms with E-state index in [1.54, 1.807) is 0 Å². The Morgan fingerprint density at radius 3 is 2.33 bits per heavy atom. The molecule has 104 valence electrons. The molecule has 0 aromatic carbocycles. The summed E-state index contributed by atoms with van der Waals surface area (Å²) in [6, 6.07) is 0.934. The first kappa shape index (κ1) is 12.9. The second kappa shape index (κ2) is 6.36. The van der Waals surface area contributed by atoms with Crippen LogP contribution < -0.4 is 5.32 Å². The SMILES string of the molecule is C1CNCC(CN2CCN(C3CCCC3)CC2)C1. The number of rotatable bonds is 3. The summed E-state index contributed by atoms with van der Waals surface area (Å²) < 4.78 is 0. The van der Waals surface area contributed by atoms with Gasteiger partial charge in [-0.1, -0.05) is 12.8 Å². The fraction of sp³-hybridized carbons (Fsp3) is 1.00. The molecule has 3 fully saturated rings. The lowest BCUT2D eigenvalue weighted by atomic mass is 9.99. The molecule has 2 aliphatic heterocycles. The van der Waals surface area contributed by atoms with Crippen molar-refractivity contribution in [2.45, 2.75) is 44.6 Å². The van der Waals surface area contributed by atoms with Crippen LogP contribution in [0.4, 0.5) is 0 Å². The summed E-state index contributed by atoms with van der Waals surface area (Å²) in [5.41, 5.74) is 0. The molecular formula is C15H29N3. The van der Waals surface area contributed by atoms with Crippen LogP contribution >= 0.6 is 0 Å². The first-order valence-electron chi connectivity index (χ1n) is 8.09. The quantitative estimate of drug-likeness (QED) is 0.821. The normalized spacial score (nSPS) is 33.0. The Balaban J connectivity index is 1.39. The molecule has 0 spiro atoms. The molecule has 1 unspecified atom stereocenters. The zero-order chi connectivity index (χ0) is 12.2. The van der Waals surface area contributed by atoms with Gasteiger partial charge in [0.25, 0.3) is 0 Å². The predicted octanol–water partition coefficient (Wildman–Crippen LogP) is 1.55. The largest absolute Gasteiger partial charge is 0.316 e. The summed E-state index contributed by atoms with van der Waals surface area (Å²) in [7, 11) is 0. The average molecular weight is 251 g/mol. The lowest BCUT2D eigenvalue weighted by Gasteiger charge is -2.39. The van der Waals surface area contributed by atoms with Gasteiger partial charge in [0.15, 0.2) is 0 Å². The summed E-state index contributed by atoms with van der Waals surface area (Å²) >= 11 is 0. The van der Waals surface area contributed by atoms with E-state index in [-0.39, 0.29) is 0 Å². The summed E-state index contributed by atoms with van der Waals surface area (Å²) in [6.07, 6.45) is 8.69. The molecule has 1 saturated carbocycles. The molecular weight excluding hydrogens is 222 g/mol. The smallest absolute Gasteiger partial charge is 0.0113 e. The maximum absolute atomic E-state index is 3.54. The zero-order valence-electron chi connectivity index (χ0n) is 11.7. The molecule has 3 nitrogen and oxygen atoms in total. The van der Waals surface area contributed by atoms with E-state index in [4.69, 9.17) is 0 Å². The van der Waals surface area contributed by atoms with Crippen molar-refractivity contribution in [3.63, 3.8) is 0 Å². The number of hydrogen-bond acceptors (Lipinski definition) is 3. The van der Waals surface area contributed by atoms with Crippen LogP contribution in [0.15, 0.2) is 0 Å². The lowest BCUT2D eigenvalue weighted by Crippen LogP contribution is -2.51. The zero-order valence-corrected chi connectivity index (χ0v) is 11.7. The second-order valence-electron chi connectivity index (χ2n) is 6.49. The monoisotopic (exact) mass is 251 g/mol. The van der Waals surface area contributed by atoms with Gasteiger partial charge in [-0.3, -0.25) is 4.90 Å². The fourth-order valence-corrected chi connectivity index (χ4v) is 4.03. The van der Waals surface area contributed by atoms with Crippen LogP contribution in [-0.4, -0.2) is 61.7 Å². The highest BCUT2D eigenvalue weighted by Crippen LogP contribution is 2.24. The number of hydrogen-bond donors (Lipinski definition) is 1. The van der Waals surface area contributed by atoms with Crippen LogP contribution in [-0.2, 0) is 0 Å². The minimum absolute atomic E-state index is 0.914. The van der Waals surface area contributed by atoms with E-state index in [1.165, 1.54) is 84.3 Å². The molecule has 3 aliphatic rings. The topological polar surface area (TPSA) is 18.5 Å². The van der Waals surface area contributed by atoms with E-state index in [0.29, 0.717) is 0 Å². The Morgan fingerprint density at radius 1 is 0.889 bits per heavy atom. The van der Waals surface area contributed by atoms with Crippen LogP contribution in [0.3, 0.4) is 0 Å². The molecule has 2 saturated heterocycles. The number of piperazine rings is 1. The van der Waals surface area contributed by atoms with Gasteiger partial charge in [-0.25, -0.2) is 0 Å². The highest BCUT2D eigenvalue weighted by molar-refractivity contribution is 4.83. The molecule has 0 amide bonds. The third kappa shape index (κ3) is 3.25. The second-order valence-corrected chi connectivity index (χ2v) is 6.49. The Kier molecular flexibility index (Phi) is 4.55. The predicted molar refractivity (Wildman–Crippen MR) is 75.9 cm³/mol. The summed E-state index contributed by atoms with van der Waals surface area (Å²) in [5.74, 6) is 0.914. The van der Waals surface area contributed by atoms with E-state index in [2.05, 4.69) is 15.1 Å². The van der Waals surface area contributed by atoms with E-state index in [1.807, 2.05) is 0 Å². The fourth-order valence-electron chi connectivity index (χ4n) is 4.03. The third-order valence-electron chi connectivity index (χ3n) is 5.16. The van der Waals surface area contributed by atoms with Gasteiger partial charge in [-0.15, -0.1) is 0 Å². The van der Waals surface area contributed by atoms with E-state index >= 15 is 0 Å². The van der Waals surface area contributed by atoms with Gasteiger partial charge < -0.3 is 10.2 Å². The molecule has 0 aromatic rings. The van der Waals surface area contributed by atoms with Crippen molar-refractivity contribution in [1.82, 2.24) is 15.1 Å². The maximum atomic E-state index is 3.54. The van der Waals surface area contributed by atoms with Crippen LogP contribution in [0.5, 0.6) is 0 Å². The molecule has 1 N–H and O–H groups in total. The summed E-state index contributed by atoms with van der Waals surface area (Å²) in [6.45, 7) is 9.11. The first-order valence-corrected chi connectivity index (χ1v) is 8.09. The van der Waals surface area contributed by atoms with Crippen molar-refractivity contribution in [1.29, 1.82) is 0 Å². The molecule has 18 heavy (non-hydrogen) atoms. The van der Waals surface area contributed by atoms with E-state index < -0.39 is 0 Å². The van der Waals surface area contributed by atoms with Crippen LogP contribution in [0.1, 0.15) is 38.5 Å². The third-order valence-corrected chi connectivity index (χ3v) is 5.16. The molecule has 2 heterocycles. The number of nitrogens with one attached hydrogen (secondary N) is 1. The minimum Gasteiger partial charge on any atom is -0.316 e. The van der Waals surface area contributed by atoms with Crippen LogP contribution in [0.2, 0.25) is 0 Å². The van der Waals surface area contributed by atoms with Gasteiger partial charge in [0.1, 0.15) is 0 Å². The molecule has 0 bridgehead atoms. The molecule has 3 heteroatoms. The Bertz CT molecular complexity index is 236. The van der Waals surface area contributed by atoms with Crippen molar-refractivity contribution in [2.75, 3.05) is 45.8 Å². The molecule has 1 aliphatic carbocycles. The average Bonchev–Trinajstić information content (AvgIpc) is 2.95. The van der Waals surface area contributed by atoms with Crippen molar-refractivity contribution < 1.29 is 0 Å². The Morgan fingerprint density at radius 2 is 1.67 bits per heavy atom. The molecule has 3 rings (SSSR count). The Hall–Kier alpha value is -0.120. The standard InChI is InChI=1S/C15H29N3/c1-2-6-15(5-1)18-10-8-17(9-11-18)13-14-4-3-7-16-12-14/h14-16H,1-13H2. The van der Waals surface area contributed by atoms with Crippen LogP contribution in [0.25, 0.3) is 0 Å². The van der Waals surface area contributed by atoms with E-state index in [0.717, 1.165) is 12.0 Å². The molecule has 1 atom stereocenters. The minimum atomic E-state index is 0.914. The summed E-state index contributed by atoms with van der Waals surface area (Å²) in [5, 5.41) is 3.54. The molecule has 0 aromatic heterocycles.